The molecule has 23 heavy (non-hydrogen) atoms. The highest BCUT2D eigenvalue weighted by molar-refractivity contribution is 9.10. The maximum absolute atomic E-state index is 11.8. The summed E-state index contributed by atoms with van der Waals surface area (Å²) in [5.74, 6) is 0. The van der Waals surface area contributed by atoms with Crippen LogP contribution in [0.25, 0.3) is 10.6 Å². The van der Waals surface area contributed by atoms with Gasteiger partial charge in [0.1, 0.15) is 5.01 Å². The number of fused-ring (bicyclic) bond motifs is 1. The fourth-order valence-electron chi connectivity index (χ4n) is 3.30. The van der Waals surface area contributed by atoms with E-state index in [1.54, 1.807) is 4.90 Å². The van der Waals surface area contributed by atoms with Crippen LogP contribution in [0.1, 0.15) is 44.4 Å². The van der Waals surface area contributed by atoms with Gasteiger partial charge in [-0.2, -0.15) is 4.37 Å². The van der Waals surface area contributed by atoms with Crippen molar-refractivity contribution < 1.29 is 9.90 Å². The number of amides is 1. The largest absolute Gasteiger partial charge is 0.465 e. The third-order valence-corrected chi connectivity index (χ3v) is 5.45. The van der Waals surface area contributed by atoms with Gasteiger partial charge in [-0.25, -0.2) is 9.78 Å². The Morgan fingerprint density at radius 2 is 2.17 bits per heavy atom. The predicted molar refractivity (Wildman–Crippen MR) is 93.7 cm³/mol. The molecule has 0 unspecified atom stereocenters. The Morgan fingerprint density at radius 1 is 1.43 bits per heavy atom. The van der Waals surface area contributed by atoms with Crippen LogP contribution < -0.4 is 0 Å². The number of hydrogen-bond acceptors (Lipinski definition) is 4. The lowest BCUT2D eigenvalue weighted by atomic mass is 9.98. The van der Waals surface area contributed by atoms with E-state index in [1.165, 1.54) is 17.1 Å². The van der Waals surface area contributed by atoms with E-state index in [1.807, 2.05) is 39.0 Å². The highest BCUT2D eigenvalue weighted by Crippen LogP contribution is 2.43. The van der Waals surface area contributed by atoms with Crippen LogP contribution in [0.15, 0.2) is 22.9 Å². The first-order valence-electron chi connectivity index (χ1n) is 7.42. The van der Waals surface area contributed by atoms with Gasteiger partial charge in [0.15, 0.2) is 0 Å². The molecule has 1 aliphatic carbocycles. The van der Waals surface area contributed by atoms with E-state index in [-0.39, 0.29) is 6.04 Å². The van der Waals surface area contributed by atoms with Gasteiger partial charge in [0.25, 0.3) is 0 Å². The Balaban J connectivity index is 2.06. The van der Waals surface area contributed by atoms with Crippen LogP contribution in [0.5, 0.6) is 0 Å². The van der Waals surface area contributed by atoms with E-state index >= 15 is 0 Å². The van der Waals surface area contributed by atoms with Gasteiger partial charge >= 0.3 is 6.09 Å². The molecule has 2 aromatic rings. The molecule has 0 radical (unpaired) electrons. The first-order valence-corrected chi connectivity index (χ1v) is 8.99. The van der Waals surface area contributed by atoms with Crippen molar-refractivity contribution in [2.45, 2.75) is 45.2 Å². The van der Waals surface area contributed by atoms with Crippen LogP contribution in [-0.2, 0) is 6.42 Å². The average Bonchev–Trinajstić information content (AvgIpc) is 3.04. The molecule has 0 bridgehead atoms. The molecule has 1 aliphatic rings. The predicted octanol–water partition coefficient (Wildman–Crippen LogP) is 4.73. The number of nitrogens with zero attached hydrogens (tertiary/aromatic N) is 3. The lowest BCUT2D eigenvalue weighted by Crippen LogP contribution is -2.46. The number of benzene rings is 1. The van der Waals surface area contributed by atoms with Crippen molar-refractivity contribution in [2.75, 3.05) is 0 Å². The van der Waals surface area contributed by atoms with Gasteiger partial charge in [0.05, 0.1) is 6.04 Å². The number of rotatable bonds is 2. The minimum absolute atomic E-state index is 0.112. The molecule has 7 heteroatoms. The molecule has 1 aromatic carbocycles. The quantitative estimate of drug-likeness (QED) is 0.797. The molecule has 0 aliphatic heterocycles. The smallest absolute Gasteiger partial charge is 0.408 e. The van der Waals surface area contributed by atoms with E-state index in [2.05, 4.69) is 25.3 Å². The molecule has 1 heterocycles. The molecule has 122 valence electrons. The summed E-state index contributed by atoms with van der Waals surface area (Å²) in [5.41, 5.74) is 2.90. The molecule has 3 rings (SSSR count). The third-order valence-electron chi connectivity index (χ3n) is 4.11. The second kappa shape index (κ2) is 5.87. The second-order valence-electron chi connectivity index (χ2n) is 6.62. The van der Waals surface area contributed by atoms with E-state index in [0.717, 1.165) is 29.0 Å². The Kier molecular flexibility index (Phi) is 4.18. The highest BCUT2D eigenvalue weighted by Gasteiger charge is 2.38. The second-order valence-corrected chi connectivity index (χ2v) is 8.08. The van der Waals surface area contributed by atoms with E-state index in [0.29, 0.717) is 4.73 Å². The Morgan fingerprint density at radius 3 is 2.74 bits per heavy atom. The SMILES string of the molecule is CC(C)(C)N(C(=O)O)[C@@H]1CCc2c(-c3nc(Br)ns3)cccc21. The molecule has 1 aromatic heterocycles. The first kappa shape index (κ1) is 16.4. The summed E-state index contributed by atoms with van der Waals surface area (Å²) in [6.07, 6.45) is 0.780. The lowest BCUT2D eigenvalue weighted by Gasteiger charge is -2.38. The monoisotopic (exact) mass is 395 g/mol. The van der Waals surface area contributed by atoms with Gasteiger partial charge in [-0.05, 0) is 72.2 Å². The van der Waals surface area contributed by atoms with Crippen molar-refractivity contribution >= 4 is 33.6 Å². The number of halogens is 1. The Bertz CT molecular complexity index is 754. The van der Waals surface area contributed by atoms with Crippen molar-refractivity contribution in [3.8, 4) is 10.6 Å². The Labute approximate surface area is 147 Å². The molecule has 1 N–H and O–H groups in total. The minimum Gasteiger partial charge on any atom is -0.465 e. The van der Waals surface area contributed by atoms with Gasteiger partial charge in [-0.15, -0.1) is 0 Å². The molecular formula is C16H18BrN3O2S. The van der Waals surface area contributed by atoms with Crippen LogP contribution in [0, 0.1) is 0 Å². The summed E-state index contributed by atoms with van der Waals surface area (Å²) in [6, 6.07) is 5.94. The maximum Gasteiger partial charge on any atom is 0.408 e. The number of carboxylic acid groups (broad SMARTS) is 1. The average molecular weight is 396 g/mol. The fourth-order valence-corrected chi connectivity index (χ4v) is 4.44. The van der Waals surface area contributed by atoms with Gasteiger partial charge in [-0.3, -0.25) is 4.90 Å². The van der Waals surface area contributed by atoms with Crippen LogP contribution in [0.4, 0.5) is 4.79 Å². The molecule has 0 saturated carbocycles. The number of aromatic nitrogens is 2. The summed E-state index contributed by atoms with van der Waals surface area (Å²) in [5, 5.41) is 10.6. The van der Waals surface area contributed by atoms with Crippen molar-refractivity contribution in [1.29, 1.82) is 0 Å². The zero-order valence-corrected chi connectivity index (χ0v) is 15.6. The Hall–Kier alpha value is -1.47. The normalized spacial score (nSPS) is 17.1. The molecule has 0 spiro atoms. The minimum atomic E-state index is -0.876. The van der Waals surface area contributed by atoms with E-state index in [4.69, 9.17) is 0 Å². The summed E-state index contributed by atoms with van der Waals surface area (Å²) in [4.78, 5) is 17.8. The van der Waals surface area contributed by atoms with Crippen molar-refractivity contribution in [1.82, 2.24) is 14.3 Å². The maximum atomic E-state index is 11.8. The van der Waals surface area contributed by atoms with Crippen LogP contribution >= 0.6 is 27.5 Å². The van der Waals surface area contributed by atoms with E-state index in [9.17, 15) is 9.90 Å². The zero-order chi connectivity index (χ0) is 16.8. The number of hydrogen-bond donors (Lipinski definition) is 1. The summed E-state index contributed by atoms with van der Waals surface area (Å²) in [7, 11) is 0. The standard InChI is InChI=1S/C16H18BrN3O2S/c1-16(2,3)20(15(21)22)12-8-7-9-10(12)5-4-6-11(9)13-18-14(17)19-23-13/h4-6,12H,7-8H2,1-3H3,(H,21,22)/t12-/m1/s1. The zero-order valence-electron chi connectivity index (χ0n) is 13.2. The van der Waals surface area contributed by atoms with Crippen molar-refractivity contribution in [3.63, 3.8) is 0 Å². The fraction of sp³-hybridized carbons (Fsp3) is 0.438. The van der Waals surface area contributed by atoms with Crippen LogP contribution in [-0.4, -0.2) is 31.0 Å². The lowest BCUT2D eigenvalue weighted by molar-refractivity contribution is 0.0701. The summed E-state index contributed by atoms with van der Waals surface area (Å²) >= 11 is 4.64. The van der Waals surface area contributed by atoms with Crippen LogP contribution in [0.2, 0.25) is 0 Å². The van der Waals surface area contributed by atoms with Crippen LogP contribution in [0.3, 0.4) is 0 Å². The first-order chi connectivity index (χ1) is 10.8. The topological polar surface area (TPSA) is 66.3 Å². The summed E-state index contributed by atoms with van der Waals surface area (Å²) < 4.78 is 4.77. The van der Waals surface area contributed by atoms with Crippen molar-refractivity contribution in [2.24, 2.45) is 0 Å². The molecule has 1 atom stereocenters. The van der Waals surface area contributed by atoms with Gasteiger partial charge < -0.3 is 5.11 Å². The van der Waals surface area contributed by atoms with Crippen molar-refractivity contribution in [3.05, 3.63) is 34.1 Å². The summed E-state index contributed by atoms with van der Waals surface area (Å²) in [6.45, 7) is 5.81. The van der Waals surface area contributed by atoms with Gasteiger partial charge in [0.2, 0.25) is 4.73 Å². The molecule has 5 nitrogen and oxygen atoms in total. The van der Waals surface area contributed by atoms with E-state index < -0.39 is 11.6 Å². The van der Waals surface area contributed by atoms with Gasteiger partial charge in [-0.1, -0.05) is 18.2 Å². The number of carbonyl (C=O) groups is 1. The van der Waals surface area contributed by atoms with Gasteiger partial charge in [0, 0.05) is 11.1 Å². The highest BCUT2D eigenvalue weighted by atomic mass is 79.9. The molecule has 0 fully saturated rings. The molecular weight excluding hydrogens is 378 g/mol. The third kappa shape index (κ3) is 2.99. The molecule has 0 saturated heterocycles. The molecule has 1 amide bonds.